The summed E-state index contributed by atoms with van der Waals surface area (Å²) in [6, 6.07) is 0. The van der Waals surface area contributed by atoms with Gasteiger partial charge in [0.2, 0.25) is 0 Å². The molecule has 98 valence electrons. The van der Waals surface area contributed by atoms with Crippen molar-refractivity contribution in [3.63, 3.8) is 0 Å². The minimum absolute atomic E-state index is 0.303. The molecule has 0 radical (unpaired) electrons. The summed E-state index contributed by atoms with van der Waals surface area (Å²) in [7, 11) is 0. The third-order valence-corrected chi connectivity index (χ3v) is 3.77. The molecule has 4 nitrogen and oxygen atoms in total. The molecule has 1 aromatic carbocycles. The van der Waals surface area contributed by atoms with Crippen molar-refractivity contribution in [1.82, 2.24) is 0 Å². The Morgan fingerprint density at radius 1 is 1.00 bits per heavy atom. The van der Waals surface area contributed by atoms with Crippen molar-refractivity contribution in [2.45, 2.75) is 32.1 Å². The quantitative estimate of drug-likeness (QED) is 0.794. The van der Waals surface area contributed by atoms with Crippen LogP contribution in [0.3, 0.4) is 0 Å². The van der Waals surface area contributed by atoms with Crippen LogP contribution in [0.4, 0.5) is 0 Å². The van der Waals surface area contributed by atoms with Crippen molar-refractivity contribution in [3.05, 3.63) is 16.7 Å². The molecule has 2 aliphatic heterocycles. The van der Waals surface area contributed by atoms with E-state index in [4.69, 9.17) is 15.2 Å². The maximum atomic E-state index is 10.2. The second-order valence-electron chi connectivity index (χ2n) is 4.89. The van der Waals surface area contributed by atoms with E-state index in [1.807, 2.05) is 0 Å². The van der Waals surface area contributed by atoms with Gasteiger partial charge in [-0.15, -0.1) is 0 Å². The Bertz CT molecular complexity index is 436. The monoisotopic (exact) mass is 249 g/mol. The van der Waals surface area contributed by atoms with Gasteiger partial charge in [-0.25, -0.2) is 0 Å². The molecule has 1 aromatic rings. The molecule has 0 saturated heterocycles. The lowest BCUT2D eigenvalue weighted by Gasteiger charge is -2.14. The fourth-order valence-corrected chi connectivity index (χ4v) is 2.89. The Balaban J connectivity index is 2.01. The van der Waals surface area contributed by atoms with Crippen LogP contribution < -0.4 is 15.2 Å². The first-order valence-electron chi connectivity index (χ1n) is 6.68. The Hall–Kier alpha value is -1.42. The first-order chi connectivity index (χ1) is 8.83. The first-order valence-corrected chi connectivity index (χ1v) is 6.68. The van der Waals surface area contributed by atoms with E-state index in [1.54, 1.807) is 0 Å². The zero-order chi connectivity index (χ0) is 12.5. The first kappa shape index (κ1) is 11.7. The smallest absolute Gasteiger partial charge is 0.165 e. The Morgan fingerprint density at radius 2 is 1.72 bits per heavy atom. The summed E-state index contributed by atoms with van der Waals surface area (Å²) in [6.07, 6.45) is 4.69. The number of unbranched alkanes of at least 4 members (excludes halogenated alkanes) is 1. The van der Waals surface area contributed by atoms with Crippen LogP contribution in [0.15, 0.2) is 0 Å². The van der Waals surface area contributed by atoms with Gasteiger partial charge in [0.25, 0.3) is 0 Å². The molecular weight excluding hydrogens is 230 g/mol. The number of phenols is 1. The number of hydrogen-bond acceptors (Lipinski definition) is 4. The lowest BCUT2D eigenvalue weighted by Crippen LogP contribution is -2.02. The lowest BCUT2D eigenvalue weighted by molar-refractivity contribution is 0.333. The average molecular weight is 249 g/mol. The molecule has 0 amide bonds. The van der Waals surface area contributed by atoms with Gasteiger partial charge < -0.3 is 20.3 Å². The van der Waals surface area contributed by atoms with Gasteiger partial charge in [-0.3, -0.25) is 0 Å². The fourth-order valence-electron chi connectivity index (χ4n) is 2.89. The van der Waals surface area contributed by atoms with Crippen LogP contribution in [-0.2, 0) is 19.3 Å². The molecule has 3 N–H and O–H groups in total. The summed E-state index contributed by atoms with van der Waals surface area (Å²) in [5, 5.41) is 10.2. The summed E-state index contributed by atoms with van der Waals surface area (Å²) < 4.78 is 11.3. The number of aromatic hydroxyl groups is 1. The third-order valence-electron chi connectivity index (χ3n) is 3.77. The molecular formula is C14H19NO3. The molecule has 0 saturated carbocycles. The normalized spacial score (nSPS) is 16.1. The van der Waals surface area contributed by atoms with Crippen molar-refractivity contribution in [1.29, 1.82) is 0 Å². The SMILES string of the molecule is NCCCCc1c2c(c(O)c3c1OCC3)OCC2. The number of nitrogens with two attached hydrogens (primary N) is 1. The number of fused-ring (bicyclic) bond motifs is 2. The van der Waals surface area contributed by atoms with Crippen LogP contribution in [0, 0.1) is 0 Å². The molecule has 3 rings (SSSR count). The number of phenolic OH excluding ortho intramolecular Hbond substituents is 1. The molecule has 0 spiro atoms. The molecule has 0 aromatic heterocycles. The zero-order valence-electron chi connectivity index (χ0n) is 10.5. The predicted octanol–water partition coefficient (Wildman–Crippen LogP) is 1.54. The lowest BCUT2D eigenvalue weighted by atomic mass is 9.95. The van der Waals surface area contributed by atoms with Crippen molar-refractivity contribution < 1.29 is 14.6 Å². The van der Waals surface area contributed by atoms with Crippen molar-refractivity contribution >= 4 is 0 Å². The predicted molar refractivity (Wildman–Crippen MR) is 68.5 cm³/mol. The van der Waals surface area contributed by atoms with Crippen molar-refractivity contribution in [2.24, 2.45) is 5.73 Å². The van der Waals surface area contributed by atoms with E-state index in [0.29, 0.717) is 24.7 Å². The van der Waals surface area contributed by atoms with Gasteiger partial charge in [-0.1, -0.05) is 0 Å². The second-order valence-corrected chi connectivity index (χ2v) is 4.89. The van der Waals surface area contributed by atoms with Crippen LogP contribution in [0.25, 0.3) is 0 Å². The highest BCUT2D eigenvalue weighted by molar-refractivity contribution is 5.64. The van der Waals surface area contributed by atoms with Crippen LogP contribution in [0.1, 0.15) is 29.5 Å². The van der Waals surface area contributed by atoms with Crippen LogP contribution >= 0.6 is 0 Å². The molecule has 0 aliphatic carbocycles. The number of rotatable bonds is 4. The largest absolute Gasteiger partial charge is 0.504 e. The third kappa shape index (κ3) is 1.72. The molecule has 0 unspecified atom stereocenters. The molecule has 4 heteroatoms. The molecule has 18 heavy (non-hydrogen) atoms. The van der Waals surface area contributed by atoms with Crippen LogP contribution in [0.2, 0.25) is 0 Å². The van der Waals surface area contributed by atoms with Crippen LogP contribution in [0.5, 0.6) is 17.2 Å². The standard InChI is InChI=1S/C14H19NO3/c15-6-2-1-3-9-10-4-7-18-14(10)12(16)11-5-8-17-13(9)11/h16H,1-8,15H2. The van der Waals surface area contributed by atoms with Gasteiger partial charge >= 0.3 is 0 Å². The van der Waals surface area contributed by atoms with Gasteiger partial charge in [0, 0.05) is 29.5 Å². The van der Waals surface area contributed by atoms with E-state index in [9.17, 15) is 5.11 Å². The van der Waals surface area contributed by atoms with Gasteiger partial charge in [0.05, 0.1) is 13.2 Å². The highest BCUT2D eigenvalue weighted by atomic mass is 16.5. The maximum Gasteiger partial charge on any atom is 0.165 e. The molecule has 0 fully saturated rings. The number of ether oxygens (including phenoxy) is 2. The average Bonchev–Trinajstić information content (AvgIpc) is 3.02. The Labute approximate surface area is 107 Å². The van der Waals surface area contributed by atoms with Gasteiger partial charge in [-0.05, 0) is 25.8 Å². The maximum absolute atomic E-state index is 10.2. The highest BCUT2D eigenvalue weighted by Crippen LogP contribution is 2.48. The van der Waals surface area contributed by atoms with E-state index in [0.717, 1.165) is 55.5 Å². The molecule has 0 bridgehead atoms. The van der Waals surface area contributed by atoms with Gasteiger partial charge in [-0.2, -0.15) is 0 Å². The van der Waals surface area contributed by atoms with E-state index >= 15 is 0 Å². The van der Waals surface area contributed by atoms with E-state index in [1.165, 1.54) is 5.56 Å². The number of hydrogen-bond donors (Lipinski definition) is 2. The van der Waals surface area contributed by atoms with E-state index < -0.39 is 0 Å². The van der Waals surface area contributed by atoms with Crippen molar-refractivity contribution in [2.75, 3.05) is 19.8 Å². The summed E-state index contributed by atoms with van der Waals surface area (Å²) in [5.41, 5.74) is 8.86. The van der Waals surface area contributed by atoms with Gasteiger partial charge in [0.1, 0.15) is 5.75 Å². The molecule has 2 heterocycles. The summed E-state index contributed by atoms with van der Waals surface area (Å²) in [5.74, 6) is 1.91. The minimum Gasteiger partial charge on any atom is -0.504 e. The fraction of sp³-hybridized carbons (Fsp3) is 0.571. The van der Waals surface area contributed by atoms with E-state index in [2.05, 4.69) is 0 Å². The Kier molecular flexibility index (Phi) is 3.04. The zero-order valence-corrected chi connectivity index (χ0v) is 10.5. The summed E-state index contributed by atoms with van der Waals surface area (Å²) >= 11 is 0. The topological polar surface area (TPSA) is 64.7 Å². The summed E-state index contributed by atoms with van der Waals surface area (Å²) in [4.78, 5) is 0. The van der Waals surface area contributed by atoms with Crippen molar-refractivity contribution in [3.8, 4) is 17.2 Å². The minimum atomic E-state index is 0.303. The van der Waals surface area contributed by atoms with E-state index in [-0.39, 0.29) is 0 Å². The second kappa shape index (κ2) is 4.69. The highest BCUT2D eigenvalue weighted by Gasteiger charge is 2.30. The number of benzene rings is 1. The van der Waals surface area contributed by atoms with Crippen LogP contribution in [-0.4, -0.2) is 24.9 Å². The Morgan fingerprint density at radius 3 is 2.50 bits per heavy atom. The summed E-state index contributed by atoms with van der Waals surface area (Å²) in [6.45, 7) is 2.05. The molecule has 2 aliphatic rings. The van der Waals surface area contributed by atoms with Gasteiger partial charge in [0.15, 0.2) is 11.5 Å². The molecule has 0 atom stereocenters.